The Bertz CT molecular complexity index is 1500. The van der Waals surface area contributed by atoms with Gasteiger partial charge in [0.15, 0.2) is 5.78 Å². The Morgan fingerprint density at radius 2 is 1.47 bits per heavy atom. The molecule has 0 spiro atoms. The van der Waals surface area contributed by atoms with E-state index in [-0.39, 0.29) is 18.6 Å². The van der Waals surface area contributed by atoms with E-state index in [1.807, 2.05) is 67.6 Å². The molecule has 0 aliphatic rings. The van der Waals surface area contributed by atoms with Gasteiger partial charge >= 0.3 is 5.97 Å². The van der Waals surface area contributed by atoms with Gasteiger partial charge in [-0.2, -0.15) is 0 Å². The zero-order valence-corrected chi connectivity index (χ0v) is 20.1. The molecule has 5 heteroatoms. The number of imidazole rings is 1. The van der Waals surface area contributed by atoms with Gasteiger partial charge in [-0.3, -0.25) is 9.59 Å². The average molecular weight is 475 g/mol. The van der Waals surface area contributed by atoms with E-state index in [1.54, 1.807) is 24.3 Å². The molecular weight excluding hydrogens is 448 g/mol. The van der Waals surface area contributed by atoms with Gasteiger partial charge in [-0.15, -0.1) is 0 Å². The lowest BCUT2D eigenvalue weighted by Crippen LogP contribution is -2.11. The molecule has 0 saturated carbocycles. The van der Waals surface area contributed by atoms with Gasteiger partial charge in [-0.25, -0.2) is 4.98 Å². The van der Waals surface area contributed by atoms with Crippen LogP contribution in [0.5, 0.6) is 5.75 Å². The van der Waals surface area contributed by atoms with Crippen LogP contribution in [0.3, 0.4) is 0 Å². The molecule has 0 radical (unpaired) electrons. The number of rotatable bonds is 8. The summed E-state index contributed by atoms with van der Waals surface area (Å²) < 4.78 is 7.67. The van der Waals surface area contributed by atoms with Crippen LogP contribution in [0.1, 0.15) is 34.3 Å². The van der Waals surface area contributed by atoms with Gasteiger partial charge in [-0.05, 0) is 48.9 Å². The molecule has 0 fully saturated rings. The molecule has 0 saturated heterocycles. The summed E-state index contributed by atoms with van der Waals surface area (Å²) in [4.78, 5) is 29.5. The SMILES string of the molecule is Cc1ccc(C(=O)CCC(=O)Oc2ccc(-c3nc4ccccc4n3Cc3ccccc3)cc2)cc1. The van der Waals surface area contributed by atoms with Gasteiger partial charge in [0.2, 0.25) is 0 Å². The van der Waals surface area contributed by atoms with Crippen LogP contribution in [-0.2, 0) is 11.3 Å². The highest BCUT2D eigenvalue weighted by Crippen LogP contribution is 2.27. The van der Waals surface area contributed by atoms with Crippen molar-refractivity contribution in [2.75, 3.05) is 0 Å². The standard InChI is InChI=1S/C31H26N2O3/c1-22-11-13-24(14-12-22)29(34)19-20-30(35)36-26-17-15-25(16-18-26)31-32-27-9-5-6-10-28(27)33(31)21-23-7-3-2-4-8-23/h2-18H,19-21H2,1H3. The first-order valence-corrected chi connectivity index (χ1v) is 12.0. The van der Waals surface area contributed by atoms with Crippen molar-refractivity contribution in [3.63, 3.8) is 0 Å². The molecule has 5 aromatic rings. The second-order valence-corrected chi connectivity index (χ2v) is 8.78. The molecule has 0 aliphatic carbocycles. The van der Waals surface area contributed by atoms with Gasteiger partial charge in [0.1, 0.15) is 11.6 Å². The van der Waals surface area contributed by atoms with E-state index >= 15 is 0 Å². The van der Waals surface area contributed by atoms with E-state index in [2.05, 4.69) is 22.8 Å². The Hall–Kier alpha value is -4.51. The number of nitrogens with zero attached hydrogens (tertiary/aromatic N) is 2. The van der Waals surface area contributed by atoms with Crippen molar-refractivity contribution in [3.8, 4) is 17.1 Å². The number of carbonyl (C=O) groups is 2. The maximum Gasteiger partial charge on any atom is 0.311 e. The van der Waals surface area contributed by atoms with Crippen molar-refractivity contribution in [1.82, 2.24) is 9.55 Å². The van der Waals surface area contributed by atoms with Crippen molar-refractivity contribution < 1.29 is 14.3 Å². The highest BCUT2D eigenvalue weighted by molar-refractivity contribution is 5.97. The van der Waals surface area contributed by atoms with E-state index < -0.39 is 5.97 Å². The van der Waals surface area contributed by atoms with Crippen molar-refractivity contribution in [2.24, 2.45) is 0 Å². The van der Waals surface area contributed by atoms with E-state index in [0.717, 1.165) is 28.0 Å². The molecule has 1 aromatic heterocycles. The average Bonchev–Trinajstić information content (AvgIpc) is 3.27. The third-order valence-corrected chi connectivity index (χ3v) is 6.11. The second-order valence-electron chi connectivity index (χ2n) is 8.78. The summed E-state index contributed by atoms with van der Waals surface area (Å²) in [5.41, 5.74) is 5.80. The van der Waals surface area contributed by atoms with Crippen LogP contribution in [0.15, 0.2) is 103 Å². The molecule has 178 valence electrons. The lowest BCUT2D eigenvalue weighted by Gasteiger charge is -2.10. The van der Waals surface area contributed by atoms with E-state index in [9.17, 15) is 9.59 Å². The molecule has 0 unspecified atom stereocenters. The smallest absolute Gasteiger partial charge is 0.311 e. The Kier molecular flexibility index (Phi) is 6.72. The maximum atomic E-state index is 12.3. The molecule has 0 atom stereocenters. The fraction of sp³-hybridized carbons (Fsp3) is 0.129. The largest absolute Gasteiger partial charge is 0.427 e. The first-order chi connectivity index (χ1) is 17.6. The summed E-state index contributed by atoms with van der Waals surface area (Å²) in [5, 5.41) is 0. The first kappa shape index (κ1) is 23.2. The number of para-hydroxylation sites is 2. The highest BCUT2D eigenvalue weighted by atomic mass is 16.5. The predicted molar refractivity (Wildman–Crippen MR) is 141 cm³/mol. The zero-order chi connectivity index (χ0) is 24.9. The topological polar surface area (TPSA) is 61.2 Å². The lowest BCUT2D eigenvalue weighted by atomic mass is 10.1. The van der Waals surface area contributed by atoms with Crippen LogP contribution in [-0.4, -0.2) is 21.3 Å². The van der Waals surface area contributed by atoms with Crippen molar-refractivity contribution in [3.05, 3.63) is 120 Å². The fourth-order valence-corrected chi connectivity index (χ4v) is 4.18. The number of hydrogen-bond donors (Lipinski definition) is 0. The molecule has 1 heterocycles. The summed E-state index contributed by atoms with van der Waals surface area (Å²) in [7, 11) is 0. The van der Waals surface area contributed by atoms with Gasteiger partial charge < -0.3 is 9.30 Å². The normalized spacial score (nSPS) is 10.9. The molecule has 36 heavy (non-hydrogen) atoms. The van der Waals surface area contributed by atoms with Crippen LogP contribution >= 0.6 is 0 Å². The molecule has 5 nitrogen and oxygen atoms in total. The minimum atomic E-state index is -0.431. The van der Waals surface area contributed by atoms with Crippen LogP contribution in [0.4, 0.5) is 0 Å². The van der Waals surface area contributed by atoms with E-state index in [0.29, 0.717) is 17.9 Å². The van der Waals surface area contributed by atoms with Crippen LogP contribution in [0.2, 0.25) is 0 Å². The fourth-order valence-electron chi connectivity index (χ4n) is 4.18. The van der Waals surface area contributed by atoms with Gasteiger partial charge in [0, 0.05) is 24.1 Å². The number of Topliss-reactive ketones (excluding diaryl/α,β-unsaturated/α-hetero) is 1. The van der Waals surface area contributed by atoms with Crippen molar-refractivity contribution in [2.45, 2.75) is 26.3 Å². The van der Waals surface area contributed by atoms with Gasteiger partial charge in [0.25, 0.3) is 0 Å². The number of ketones is 1. The summed E-state index contributed by atoms with van der Waals surface area (Å²) in [6.45, 7) is 2.66. The molecule has 0 aliphatic heterocycles. The molecule has 0 amide bonds. The summed E-state index contributed by atoms with van der Waals surface area (Å²) in [6, 6.07) is 33.0. The minimum absolute atomic E-state index is 0.0291. The number of esters is 1. The Morgan fingerprint density at radius 3 is 2.22 bits per heavy atom. The zero-order valence-electron chi connectivity index (χ0n) is 20.1. The molecule has 4 aromatic carbocycles. The number of carbonyl (C=O) groups excluding carboxylic acids is 2. The number of aromatic nitrogens is 2. The molecule has 0 N–H and O–H groups in total. The quantitative estimate of drug-likeness (QED) is 0.144. The van der Waals surface area contributed by atoms with Gasteiger partial charge in [0.05, 0.1) is 17.5 Å². The molecular formula is C31H26N2O3. The number of ether oxygens (including phenoxy) is 1. The van der Waals surface area contributed by atoms with E-state index in [1.165, 1.54) is 5.56 Å². The maximum absolute atomic E-state index is 12.3. The van der Waals surface area contributed by atoms with Crippen LogP contribution in [0, 0.1) is 6.92 Å². The number of aryl methyl sites for hydroxylation is 1. The van der Waals surface area contributed by atoms with Crippen LogP contribution in [0.25, 0.3) is 22.4 Å². The van der Waals surface area contributed by atoms with E-state index in [4.69, 9.17) is 9.72 Å². The summed E-state index contributed by atoms with van der Waals surface area (Å²) in [6.07, 6.45) is 0.144. The molecule has 0 bridgehead atoms. The highest BCUT2D eigenvalue weighted by Gasteiger charge is 2.14. The third-order valence-electron chi connectivity index (χ3n) is 6.11. The number of fused-ring (bicyclic) bond motifs is 1. The Labute approximate surface area is 210 Å². The first-order valence-electron chi connectivity index (χ1n) is 12.0. The monoisotopic (exact) mass is 474 g/mol. The number of benzene rings is 4. The van der Waals surface area contributed by atoms with Crippen LogP contribution < -0.4 is 4.74 Å². The summed E-state index contributed by atoms with van der Waals surface area (Å²) in [5.74, 6) is 0.790. The van der Waals surface area contributed by atoms with Gasteiger partial charge in [-0.1, -0.05) is 72.3 Å². The Morgan fingerprint density at radius 1 is 0.778 bits per heavy atom. The van der Waals surface area contributed by atoms with Crippen molar-refractivity contribution >= 4 is 22.8 Å². The minimum Gasteiger partial charge on any atom is -0.427 e. The Balaban J connectivity index is 1.29. The predicted octanol–water partition coefficient (Wildman–Crippen LogP) is 6.63. The molecule has 5 rings (SSSR count). The second kappa shape index (κ2) is 10.4. The lowest BCUT2D eigenvalue weighted by molar-refractivity contribution is -0.134. The van der Waals surface area contributed by atoms with Crippen molar-refractivity contribution in [1.29, 1.82) is 0 Å². The number of hydrogen-bond acceptors (Lipinski definition) is 4. The summed E-state index contributed by atoms with van der Waals surface area (Å²) >= 11 is 0. The third kappa shape index (κ3) is 5.26.